The number of aliphatic hydroxyl groups excluding tert-OH is 2. The second kappa shape index (κ2) is 9.47. The Kier molecular flexibility index (Phi) is 6.53. The highest BCUT2D eigenvalue weighted by Crippen LogP contribution is 2.35. The van der Waals surface area contributed by atoms with Gasteiger partial charge in [-0.2, -0.15) is 0 Å². The Bertz CT molecular complexity index is 1300. The van der Waals surface area contributed by atoms with Gasteiger partial charge in [-0.1, -0.05) is 54.6 Å². The van der Waals surface area contributed by atoms with Crippen molar-refractivity contribution in [3.63, 3.8) is 0 Å². The van der Waals surface area contributed by atoms with Gasteiger partial charge in [0.1, 0.15) is 18.3 Å². The van der Waals surface area contributed by atoms with E-state index in [9.17, 15) is 18.6 Å². The molecule has 186 valence electrons. The van der Waals surface area contributed by atoms with Crippen LogP contribution in [-0.2, 0) is 24.2 Å². The van der Waals surface area contributed by atoms with E-state index in [1.54, 1.807) is 18.2 Å². The monoisotopic (exact) mass is 500 g/mol. The first-order valence-electron chi connectivity index (χ1n) is 11.3. The van der Waals surface area contributed by atoms with E-state index in [0.29, 0.717) is 5.39 Å². The van der Waals surface area contributed by atoms with Crippen molar-refractivity contribution in [2.45, 2.75) is 41.8 Å². The number of nitrogens with zero attached hydrogens (tertiary/aromatic N) is 1. The molecule has 5 rings (SSSR count). The molecule has 2 heterocycles. The largest absolute Gasteiger partial charge is 0.386 e. The van der Waals surface area contributed by atoms with Crippen molar-refractivity contribution in [1.82, 2.24) is 4.72 Å². The summed E-state index contributed by atoms with van der Waals surface area (Å²) in [5, 5.41) is 22.3. The Morgan fingerprint density at radius 2 is 1.63 bits per heavy atom. The zero-order valence-electron chi connectivity index (χ0n) is 19.3. The molecule has 0 aliphatic carbocycles. The van der Waals surface area contributed by atoms with Crippen LogP contribution in [0.25, 0.3) is 10.8 Å². The van der Waals surface area contributed by atoms with Crippen molar-refractivity contribution in [2.24, 2.45) is 0 Å². The van der Waals surface area contributed by atoms with Crippen LogP contribution in [-0.4, -0.2) is 70.0 Å². The van der Waals surface area contributed by atoms with Gasteiger partial charge in [0.15, 0.2) is 12.6 Å². The lowest BCUT2D eigenvalue weighted by Crippen LogP contribution is -2.66. The number of anilines is 1. The second-order valence-electron chi connectivity index (χ2n) is 8.90. The Balaban J connectivity index is 1.49. The highest BCUT2D eigenvalue weighted by molar-refractivity contribution is 7.89. The minimum atomic E-state index is -4.13. The summed E-state index contributed by atoms with van der Waals surface area (Å²) in [7, 11) is -0.357. The van der Waals surface area contributed by atoms with Crippen molar-refractivity contribution >= 4 is 26.5 Å². The molecular weight excluding hydrogens is 472 g/mol. The summed E-state index contributed by atoms with van der Waals surface area (Å²) in [5.74, 6) is 0. The summed E-state index contributed by atoms with van der Waals surface area (Å²) >= 11 is 0. The maximum absolute atomic E-state index is 13.6. The molecule has 9 nitrogen and oxygen atoms in total. The molecule has 10 heteroatoms. The first-order chi connectivity index (χ1) is 16.8. The number of sulfonamides is 1. The van der Waals surface area contributed by atoms with Crippen LogP contribution in [0.15, 0.2) is 71.6 Å². The number of fused-ring (bicyclic) bond motifs is 2. The van der Waals surface area contributed by atoms with Gasteiger partial charge in [0.05, 0.1) is 17.5 Å². The van der Waals surface area contributed by atoms with Gasteiger partial charge in [0.2, 0.25) is 10.0 Å². The van der Waals surface area contributed by atoms with Crippen LogP contribution in [0.5, 0.6) is 0 Å². The number of nitrogens with one attached hydrogen (secondary N) is 1. The quantitative estimate of drug-likeness (QED) is 0.485. The maximum atomic E-state index is 13.6. The van der Waals surface area contributed by atoms with Crippen molar-refractivity contribution in [2.75, 3.05) is 25.6 Å². The van der Waals surface area contributed by atoms with Crippen LogP contribution < -0.4 is 9.62 Å². The lowest BCUT2D eigenvalue weighted by molar-refractivity contribution is -0.335. The molecule has 0 spiro atoms. The van der Waals surface area contributed by atoms with Crippen LogP contribution in [0.4, 0.5) is 5.69 Å². The summed E-state index contributed by atoms with van der Waals surface area (Å²) in [6.07, 6.45) is -5.58. The van der Waals surface area contributed by atoms with Crippen molar-refractivity contribution < 1.29 is 32.8 Å². The van der Waals surface area contributed by atoms with Gasteiger partial charge in [-0.3, -0.25) is 0 Å². The van der Waals surface area contributed by atoms with E-state index in [2.05, 4.69) is 4.72 Å². The SMILES string of the molecule is CN(C)c1cccc2c(S(=O)(=O)N[C@H]3[C@H](O)[C@@H](O)O[C@@H]4COC(c5ccccc5)O[C@@H]34)cccc12. The lowest BCUT2D eigenvalue weighted by Gasteiger charge is -2.47. The average molecular weight is 501 g/mol. The van der Waals surface area contributed by atoms with Crippen LogP contribution in [0.2, 0.25) is 0 Å². The van der Waals surface area contributed by atoms with Gasteiger partial charge in [-0.05, 0) is 12.1 Å². The van der Waals surface area contributed by atoms with Gasteiger partial charge in [0, 0.05) is 36.1 Å². The van der Waals surface area contributed by atoms with Gasteiger partial charge >= 0.3 is 0 Å². The summed E-state index contributed by atoms with van der Waals surface area (Å²) in [6, 6.07) is 18.5. The third-order valence-electron chi connectivity index (χ3n) is 6.38. The Hall–Kier alpha value is -2.57. The Morgan fingerprint density at radius 3 is 2.37 bits per heavy atom. The smallest absolute Gasteiger partial charge is 0.241 e. The third kappa shape index (κ3) is 4.54. The predicted octanol–water partition coefficient (Wildman–Crippen LogP) is 1.74. The molecule has 0 amide bonds. The summed E-state index contributed by atoms with van der Waals surface area (Å²) in [4.78, 5) is 1.98. The molecule has 2 fully saturated rings. The molecule has 0 radical (unpaired) electrons. The molecule has 3 N–H and O–H groups in total. The molecular formula is C25H28N2O7S. The highest BCUT2D eigenvalue weighted by atomic mass is 32.2. The van der Waals surface area contributed by atoms with E-state index in [4.69, 9.17) is 14.2 Å². The van der Waals surface area contributed by atoms with Gasteiger partial charge in [0.25, 0.3) is 0 Å². The standard InChI is InChI=1S/C25H28N2O7S/c1-27(2)18-12-6-11-17-16(18)10-7-13-20(17)35(30,31)26-21-22(28)24(29)33-19-14-32-25(34-23(19)21)15-8-4-3-5-9-15/h3-13,19,21-26,28-29H,14H2,1-2H3/t19-,21+,22+,23-,24+,25?/m1/s1. The fraction of sp³-hybridized carbons (Fsp3) is 0.360. The number of benzene rings is 3. The predicted molar refractivity (Wildman–Crippen MR) is 129 cm³/mol. The number of hydrogen-bond donors (Lipinski definition) is 3. The zero-order valence-corrected chi connectivity index (χ0v) is 20.1. The minimum Gasteiger partial charge on any atom is -0.386 e. The molecule has 3 aromatic rings. The summed E-state index contributed by atoms with van der Waals surface area (Å²) < 4.78 is 47.1. The summed E-state index contributed by atoms with van der Waals surface area (Å²) in [6.45, 7) is 0.0622. The maximum Gasteiger partial charge on any atom is 0.241 e. The number of hydrogen-bond acceptors (Lipinski definition) is 8. The molecule has 0 aromatic heterocycles. The normalized spacial score (nSPS) is 29.0. The fourth-order valence-corrected chi connectivity index (χ4v) is 6.15. The van der Waals surface area contributed by atoms with E-state index in [-0.39, 0.29) is 11.5 Å². The molecule has 1 unspecified atom stereocenters. The minimum absolute atomic E-state index is 0.0622. The van der Waals surface area contributed by atoms with E-state index >= 15 is 0 Å². The molecule has 2 aliphatic rings. The van der Waals surface area contributed by atoms with Crippen molar-refractivity contribution in [3.8, 4) is 0 Å². The van der Waals surface area contributed by atoms with Gasteiger partial charge in [-0.25, -0.2) is 13.1 Å². The van der Waals surface area contributed by atoms with E-state index in [0.717, 1.165) is 16.6 Å². The van der Waals surface area contributed by atoms with Crippen LogP contribution in [0.3, 0.4) is 0 Å². The molecule has 2 aliphatic heterocycles. The Morgan fingerprint density at radius 1 is 0.914 bits per heavy atom. The van der Waals surface area contributed by atoms with Crippen LogP contribution in [0.1, 0.15) is 11.9 Å². The van der Waals surface area contributed by atoms with Gasteiger partial charge in [-0.15, -0.1) is 0 Å². The fourth-order valence-electron chi connectivity index (χ4n) is 4.66. The molecule has 3 aromatic carbocycles. The number of ether oxygens (including phenoxy) is 3. The topological polar surface area (TPSA) is 118 Å². The summed E-state index contributed by atoms with van der Waals surface area (Å²) in [5.41, 5.74) is 1.62. The first-order valence-corrected chi connectivity index (χ1v) is 12.8. The Labute approximate surface area is 203 Å². The third-order valence-corrected chi connectivity index (χ3v) is 7.90. The molecule has 0 saturated carbocycles. The number of aliphatic hydroxyl groups is 2. The van der Waals surface area contributed by atoms with Crippen molar-refractivity contribution in [3.05, 3.63) is 72.3 Å². The highest BCUT2D eigenvalue weighted by Gasteiger charge is 2.50. The van der Waals surface area contributed by atoms with E-state index < -0.39 is 47.0 Å². The molecule has 6 atom stereocenters. The molecule has 0 bridgehead atoms. The van der Waals surface area contributed by atoms with Gasteiger partial charge < -0.3 is 29.3 Å². The van der Waals surface area contributed by atoms with E-state index in [1.165, 1.54) is 6.07 Å². The molecule has 2 saturated heterocycles. The van der Waals surface area contributed by atoms with E-state index in [1.807, 2.05) is 61.5 Å². The van der Waals surface area contributed by atoms with Crippen LogP contribution >= 0.6 is 0 Å². The average Bonchev–Trinajstić information content (AvgIpc) is 2.86. The second-order valence-corrected chi connectivity index (χ2v) is 10.6. The first kappa shape index (κ1) is 24.1. The zero-order chi connectivity index (χ0) is 24.7. The lowest BCUT2D eigenvalue weighted by atomic mass is 9.96. The molecule has 35 heavy (non-hydrogen) atoms. The number of rotatable bonds is 5. The van der Waals surface area contributed by atoms with Crippen LogP contribution in [0, 0.1) is 0 Å². The van der Waals surface area contributed by atoms with Crippen molar-refractivity contribution in [1.29, 1.82) is 0 Å².